The van der Waals surface area contributed by atoms with Crippen LogP contribution in [0, 0.1) is 6.92 Å². The van der Waals surface area contributed by atoms with Crippen molar-refractivity contribution in [2.75, 3.05) is 18.1 Å². The maximum absolute atomic E-state index is 9.61. The summed E-state index contributed by atoms with van der Waals surface area (Å²) in [6, 6.07) is 6.66. The molecule has 2 aliphatic rings. The summed E-state index contributed by atoms with van der Waals surface area (Å²) in [7, 11) is 0. The van der Waals surface area contributed by atoms with Gasteiger partial charge in [0.05, 0.1) is 18.4 Å². The van der Waals surface area contributed by atoms with Crippen molar-refractivity contribution in [3.05, 3.63) is 53.8 Å². The van der Waals surface area contributed by atoms with E-state index in [0.717, 1.165) is 29.9 Å². The van der Waals surface area contributed by atoms with Crippen molar-refractivity contribution in [1.29, 1.82) is 0 Å². The highest BCUT2D eigenvalue weighted by atomic mass is 16.3. The van der Waals surface area contributed by atoms with Crippen molar-refractivity contribution in [2.45, 2.75) is 32.2 Å². The van der Waals surface area contributed by atoms with Gasteiger partial charge in [0.25, 0.3) is 0 Å². The number of hydrogen-bond donors (Lipinski definition) is 2. The molecule has 0 amide bonds. The van der Waals surface area contributed by atoms with Crippen LogP contribution in [0.1, 0.15) is 30.4 Å². The van der Waals surface area contributed by atoms with E-state index in [1.165, 1.54) is 24.1 Å². The zero-order chi connectivity index (χ0) is 15.5. The molecule has 2 aliphatic heterocycles. The summed E-state index contributed by atoms with van der Waals surface area (Å²) in [5.41, 5.74) is 8.16. The third-order valence-corrected chi connectivity index (χ3v) is 4.40. The lowest BCUT2D eigenvalue weighted by molar-refractivity contribution is 0.240. The second-order valence-electron chi connectivity index (χ2n) is 5.99. The zero-order valence-corrected chi connectivity index (χ0v) is 13.0. The molecule has 1 unspecified atom stereocenters. The molecule has 1 saturated heterocycles. The summed E-state index contributed by atoms with van der Waals surface area (Å²) < 4.78 is 0. The molecule has 0 aromatic heterocycles. The Hall–Kier alpha value is -2.07. The van der Waals surface area contributed by atoms with Gasteiger partial charge in [0.15, 0.2) is 0 Å². The number of nitrogens with one attached hydrogen (secondary N) is 1. The number of aryl methyl sites for hydroxylation is 1. The minimum absolute atomic E-state index is 0.225. The molecule has 0 aliphatic carbocycles. The van der Waals surface area contributed by atoms with Crippen LogP contribution in [0.3, 0.4) is 0 Å². The van der Waals surface area contributed by atoms with E-state index in [2.05, 4.69) is 47.1 Å². The van der Waals surface area contributed by atoms with Crippen molar-refractivity contribution < 1.29 is 5.11 Å². The fourth-order valence-corrected chi connectivity index (χ4v) is 3.19. The van der Waals surface area contributed by atoms with Crippen LogP contribution in [0.15, 0.2) is 47.7 Å². The van der Waals surface area contributed by atoms with Gasteiger partial charge < -0.3 is 10.0 Å². The Balaban J connectivity index is 1.86. The highest BCUT2D eigenvalue weighted by Gasteiger charge is 2.23. The average Bonchev–Trinajstić information content (AvgIpc) is 2.55. The normalized spacial score (nSPS) is 21.5. The highest BCUT2D eigenvalue weighted by molar-refractivity contribution is 6.09. The highest BCUT2D eigenvalue weighted by Crippen LogP contribution is 2.28. The molecule has 1 aromatic rings. The van der Waals surface area contributed by atoms with E-state index in [9.17, 15) is 5.11 Å². The fraction of sp³-hybridized carbons (Fsp3) is 0.389. The van der Waals surface area contributed by atoms with Crippen LogP contribution in [-0.4, -0.2) is 30.0 Å². The Kier molecular flexibility index (Phi) is 4.29. The lowest BCUT2D eigenvalue weighted by Gasteiger charge is -2.37. The standard InChI is InChI=1S/C18H23N3O/c1-13-11-15(17-8-6-14(2)19-20-17)7-9-18(13)21-10-4-3-5-16(21)12-22/h6-9,11,16,19,22H,2-5,10,12H2,1H3. The molecule has 22 heavy (non-hydrogen) atoms. The minimum atomic E-state index is 0.225. The van der Waals surface area contributed by atoms with Crippen LogP contribution in [0.2, 0.25) is 0 Å². The number of hydrogen-bond acceptors (Lipinski definition) is 4. The maximum Gasteiger partial charge on any atom is 0.0906 e. The van der Waals surface area contributed by atoms with E-state index in [0.29, 0.717) is 0 Å². The third-order valence-electron chi connectivity index (χ3n) is 4.40. The number of aliphatic hydroxyl groups is 1. The van der Waals surface area contributed by atoms with Crippen molar-refractivity contribution in [1.82, 2.24) is 5.43 Å². The molecular formula is C18H23N3O. The summed E-state index contributed by atoms with van der Waals surface area (Å²) in [6.45, 7) is 7.19. The average molecular weight is 297 g/mol. The molecule has 0 spiro atoms. The van der Waals surface area contributed by atoms with Gasteiger partial charge in [-0.3, -0.25) is 5.43 Å². The molecule has 1 aromatic carbocycles. The van der Waals surface area contributed by atoms with E-state index in [-0.39, 0.29) is 12.6 Å². The smallest absolute Gasteiger partial charge is 0.0906 e. The molecule has 0 saturated carbocycles. The summed E-state index contributed by atoms with van der Waals surface area (Å²) in [6.07, 6.45) is 7.37. The van der Waals surface area contributed by atoms with Crippen LogP contribution in [0.25, 0.3) is 0 Å². The summed E-state index contributed by atoms with van der Waals surface area (Å²) in [5.74, 6) is 0. The van der Waals surface area contributed by atoms with Gasteiger partial charge >= 0.3 is 0 Å². The summed E-state index contributed by atoms with van der Waals surface area (Å²) in [5, 5.41) is 13.9. The van der Waals surface area contributed by atoms with Crippen LogP contribution >= 0.6 is 0 Å². The number of aliphatic hydroxyl groups excluding tert-OH is 1. The van der Waals surface area contributed by atoms with Gasteiger partial charge in [-0.2, -0.15) is 5.10 Å². The van der Waals surface area contributed by atoms with E-state index < -0.39 is 0 Å². The number of benzene rings is 1. The molecule has 2 heterocycles. The van der Waals surface area contributed by atoms with Gasteiger partial charge in [0.1, 0.15) is 0 Å². The summed E-state index contributed by atoms with van der Waals surface area (Å²) >= 11 is 0. The molecule has 4 heteroatoms. The first-order valence-corrected chi connectivity index (χ1v) is 7.88. The number of piperidine rings is 1. The minimum Gasteiger partial charge on any atom is -0.394 e. The first kappa shape index (κ1) is 14.9. The lowest BCUT2D eigenvalue weighted by atomic mass is 9.98. The molecule has 0 radical (unpaired) electrons. The Labute approximate surface area is 131 Å². The van der Waals surface area contributed by atoms with Crippen LogP contribution < -0.4 is 10.3 Å². The van der Waals surface area contributed by atoms with Gasteiger partial charge in [0.2, 0.25) is 0 Å². The zero-order valence-electron chi connectivity index (χ0n) is 13.0. The van der Waals surface area contributed by atoms with Gasteiger partial charge in [-0.1, -0.05) is 12.6 Å². The topological polar surface area (TPSA) is 47.9 Å². The number of anilines is 1. The predicted molar refractivity (Wildman–Crippen MR) is 91.2 cm³/mol. The molecular weight excluding hydrogens is 274 g/mol. The predicted octanol–water partition coefficient (Wildman–Crippen LogP) is 2.72. The van der Waals surface area contributed by atoms with Crippen LogP contribution in [-0.2, 0) is 0 Å². The van der Waals surface area contributed by atoms with Crippen molar-refractivity contribution in [2.24, 2.45) is 5.10 Å². The van der Waals surface area contributed by atoms with Crippen molar-refractivity contribution in [3.63, 3.8) is 0 Å². The number of nitrogens with zero attached hydrogens (tertiary/aromatic N) is 2. The maximum atomic E-state index is 9.61. The Morgan fingerprint density at radius 3 is 2.91 bits per heavy atom. The second kappa shape index (κ2) is 6.36. The number of hydrazone groups is 1. The van der Waals surface area contributed by atoms with Gasteiger partial charge in [-0.05, 0) is 56.0 Å². The number of rotatable bonds is 3. The van der Waals surface area contributed by atoms with Crippen LogP contribution in [0.4, 0.5) is 5.69 Å². The second-order valence-corrected chi connectivity index (χ2v) is 5.99. The van der Waals surface area contributed by atoms with E-state index in [1.807, 2.05) is 12.2 Å². The molecule has 116 valence electrons. The number of allylic oxidation sites excluding steroid dienone is 2. The molecule has 2 N–H and O–H groups in total. The van der Waals surface area contributed by atoms with Gasteiger partial charge in [-0.25, -0.2) is 0 Å². The SMILES string of the molecule is C=C1C=CC(c2ccc(N3CCCCC3CO)c(C)c2)=NN1. The largest absolute Gasteiger partial charge is 0.394 e. The first-order valence-electron chi connectivity index (χ1n) is 7.88. The quantitative estimate of drug-likeness (QED) is 0.902. The van der Waals surface area contributed by atoms with Gasteiger partial charge in [-0.15, -0.1) is 0 Å². The van der Waals surface area contributed by atoms with Gasteiger partial charge in [0, 0.05) is 23.5 Å². The summed E-state index contributed by atoms with van der Waals surface area (Å²) in [4.78, 5) is 2.35. The Bertz CT molecular complexity index is 633. The Morgan fingerprint density at radius 2 is 2.23 bits per heavy atom. The van der Waals surface area contributed by atoms with E-state index in [4.69, 9.17) is 0 Å². The molecule has 4 nitrogen and oxygen atoms in total. The third kappa shape index (κ3) is 2.92. The lowest BCUT2D eigenvalue weighted by Crippen LogP contribution is -2.42. The van der Waals surface area contributed by atoms with Crippen molar-refractivity contribution >= 4 is 11.4 Å². The molecule has 1 fully saturated rings. The Morgan fingerprint density at radius 1 is 1.36 bits per heavy atom. The van der Waals surface area contributed by atoms with Crippen LogP contribution in [0.5, 0.6) is 0 Å². The molecule has 1 atom stereocenters. The fourth-order valence-electron chi connectivity index (χ4n) is 3.19. The molecule has 0 bridgehead atoms. The van der Waals surface area contributed by atoms with Crippen molar-refractivity contribution in [3.8, 4) is 0 Å². The first-order chi connectivity index (χ1) is 10.7. The monoisotopic (exact) mass is 297 g/mol. The molecule has 3 rings (SSSR count). The van der Waals surface area contributed by atoms with E-state index in [1.54, 1.807) is 0 Å². The van der Waals surface area contributed by atoms with E-state index >= 15 is 0 Å².